The second-order valence-electron chi connectivity index (χ2n) is 11.0. The maximum Gasteiger partial charge on any atom is 0.310 e. The van der Waals surface area contributed by atoms with Crippen LogP contribution < -0.4 is 18.9 Å². The summed E-state index contributed by atoms with van der Waals surface area (Å²) in [4.78, 5) is 18.5. The van der Waals surface area contributed by atoms with Crippen molar-refractivity contribution in [2.45, 2.75) is 11.8 Å². The molecule has 0 saturated carbocycles. The summed E-state index contributed by atoms with van der Waals surface area (Å²) in [6, 6.07) is 23.5. The van der Waals surface area contributed by atoms with Crippen LogP contribution in [-0.2, 0) is 9.53 Å². The summed E-state index contributed by atoms with van der Waals surface area (Å²) in [6.07, 6.45) is 0. The van der Waals surface area contributed by atoms with Crippen molar-refractivity contribution in [1.82, 2.24) is 4.98 Å². The van der Waals surface area contributed by atoms with E-state index in [1.807, 2.05) is 48.5 Å². The standard InChI is InChI=1S/C34H27NO8/c1-38-27-11-19(12-28(39-2)32(27)36)29-20-13-25-26(42-16-41-25)14-21(20)30(22-15-40-34(37)31(22)29)33-35-23-10-18(8-9-24(23)43-33)17-6-4-3-5-7-17/h3-14,22,29-31,36H,15-16H2,1-2H3/t22-,29-,30-,31+/m1/s1. The Bertz CT molecular complexity index is 1870. The van der Waals surface area contributed by atoms with Crippen molar-refractivity contribution in [3.63, 3.8) is 0 Å². The summed E-state index contributed by atoms with van der Waals surface area (Å²) < 4.78 is 34.7. The van der Waals surface area contributed by atoms with Gasteiger partial charge in [-0.25, -0.2) is 4.98 Å². The van der Waals surface area contributed by atoms with Crippen molar-refractivity contribution >= 4 is 17.1 Å². The number of aromatic nitrogens is 1. The van der Waals surface area contributed by atoms with Gasteiger partial charge in [0.05, 0.1) is 32.7 Å². The summed E-state index contributed by atoms with van der Waals surface area (Å²) >= 11 is 0. The first-order chi connectivity index (χ1) is 21.0. The van der Waals surface area contributed by atoms with Crippen LogP contribution in [0.3, 0.4) is 0 Å². The Labute approximate surface area is 246 Å². The van der Waals surface area contributed by atoms with E-state index in [1.165, 1.54) is 14.2 Å². The SMILES string of the molecule is COc1cc([C@@H]2c3cc4c(cc3[C@@H](c3nc5cc(-c6ccccc6)ccc5o3)[C@H]3COC(=O)[C@H]23)OCO4)cc(OC)c1O. The molecule has 2 aliphatic heterocycles. The van der Waals surface area contributed by atoms with Gasteiger partial charge in [-0.05, 0) is 64.2 Å². The van der Waals surface area contributed by atoms with Gasteiger partial charge in [-0.3, -0.25) is 4.79 Å². The zero-order valence-electron chi connectivity index (χ0n) is 23.4. The highest BCUT2D eigenvalue weighted by Gasteiger charge is 2.54. The van der Waals surface area contributed by atoms with Crippen LogP contribution in [0.1, 0.15) is 34.4 Å². The van der Waals surface area contributed by atoms with Gasteiger partial charge in [0.25, 0.3) is 0 Å². The third-order valence-corrected chi connectivity index (χ3v) is 8.83. The van der Waals surface area contributed by atoms with Crippen LogP contribution >= 0.6 is 0 Å². The van der Waals surface area contributed by atoms with E-state index in [-0.39, 0.29) is 48.5 Å². The molecule has 1 saturated heterocycles. The number of benzene rings is 4. The van der Waals surface area contributed by atoms with Crippen molar-refractivity contribution in [2.75, 3.05) is 27.6 Å². The Morgan fingerprint density at radius 2 is 1.51 bits per heavy atom. The predicted molar refractivity (Wildman–Crippen MR) is 155 cm³/mol. The Morgan fingerprint density at radius 1 is 0.814 bits per heavy atom. The van der Waals surface area contributed by atoms with Gasteiger partial charge >= 0.3 is 5.97 Å². The summed E-state index contributed by atoms with van der Waals surface area (Å²) in [5.41, 5.74) is 6.02. The van der Waals surface area contributed by atoms with Crippen molar-refractivity contribution in [1.29, 1.82) is 0 Å². The predicted octanol–water partition coefficient (Wildman–Crippen LogP) is 6.01. The van der Waals surface area contributed by atoms with E-state index >= 15 is 0 Å². The van der Waals surface area contributed by atoms with Crippen molar-refractivity contribution in [3.05, 3.63) is 95.4 Å². The monoisotopic (exact) mass is 577 g/mol. The van der Waals surface area contributed by atoms with E-state index in [1.54, 1.807) is 12.1 Å². The first-order valence-corrected chi connectivity index (χ1v) is 14.0. The molecule has 4 aromatic carbocycles. The fraction of sp³-hybridized carbons (Fsp3) is 0.235. The smallest absolute Gasteiger partial charge is 0.310 e. The number of rotatable bonds is 5. The molecule has 216 valence electrons. The lowest BCUT2D eigenvalue weighted by Crippen LogP contribution is -2.35. The third kappa shape index (κ3) is 3.91. The minimum atomic E-state index is -0.563. The normalized spacial score (nSPS) is 21.8. The van der Waals surface area contributed by atoms with Crippen LogP contribution in [0.25, 0.3) is 22.2 Å². The number of fused-ring (bicyclic) bond motifs is 4. The van der Waals surface area contributed by atoms with Crippen molar-refractivity contribution < 1.29 is 38.0 Å². The topological polar surface area (TPSA) is 109 Å². The van der Waals surface area contributed by atoms with Gasteiger partial charge in [0.1, 0.15) is 5.52 Å². The summed E-state index contributed by atoms with van der Waals surface area (Å²) in [5, 5.41) is 10.6. The van der Waals surface area contributed by atoms with Crippen LogP contribution in [0.2, 0.25) is 0 Å². The summed E-state index contributed by atoms with van der Waals surface area (Å²) in [7, 11) is 2.95. The lowest BCUT2D eigenvalue weighted by molar-refractivity contribution is -0.141. The number of phenols is 1. The van der Waals surface area contributed by atoms with E-state index in [9.17, 15) is 9.90 Å². The number of nitrogens with zero attached hydrogens (tertiary/aromatic N) is 1. The number of aromatic hydroxyl groups is 1. The van der Waals surface area contributed by atoms with Crippen LogP contribution in [0, 0.1) is 11.8 Å². The highest BCUT2D eigenvalue weighted by atomic mass is 16.7. The van der Waals surface area contributed by atoms with Gasteiger partial charge in [-0.1, -0.05) is 36.4 Å². The number of phenolic OH excluding ortho intramolecular Hbond substituents is 1. The highest BCUT2D eigenvalue weighted by molar-refractivity contribution is 5.82. The fourth-order valence-electron chi connectivity index (χ4n) is 6.86. The van der Waals surface area contributed by atoms with E-state index in [0.717, 1.165) is 33.3 Å². The zero-order valence-corrected chi connectivity index (χ0v) is 23.4. The number of carbonyl (C=O) groups is 1. The van der Waals surface area contributed by atoms with Gasteiger partial charge < -0.3 is 33.2 Å². The van der Waals surface area contributed by atoms with Gasteiger partial charge in [0.2, 0.25) is 18.4 Å². The van der Waals surface area contributed by atoms with Crippen molar-refractivity contribution in [2.24, 2.45) is 11.8 Å². The van der Waals surface area contributed by atoms with Crippen LogP contribution in [0.4, 0.5) is 0 Å². The zero-order chi connectivity index (χ0) is 29.2. The van der Waals surface area contributed by atoms with Crippen LogP contribution in [-0.4, -0.2) is 43.7 Å². The molecule has 9 heteroatoms. The molecule has 5 aromatic rings. The molecule has 4 atom stereocenters. The minimum Gasteiger partial charge on any atom is -0.502 e. The molecule has 43 heavy (non-hydrogen) atoms. The average Bonchev–Trinajstić information content (AvgIpc) is 3.77. The van der Waals surface area contributed by atoms with Crippen LogP contribution in [0.5, 0.6) is 28.7 Å². The number of methoxy groups -OCH3 is 2. The van der Waals surface area contributed by atoms with Gasteiger partial charge in [0, 0.05) is 11.8 Å². The average molecular weight is 578 g/mol. The van der Waals surface area contributed by atoms with Gasteiger partial charge in [-0.2, -0.15) is 0 Å². The van der Waals surface area contributed by atoms with Crippen LogP contribution in [0.15, 0.2) is 77.2 Å². The molecule has 8 rings (SSSR count). The molecule has 0 unspecified atom stereocenters. The molecular formula is C34H27NO8. The lowest BCUT2D eigenvalue weighted by Gasteiger charge is -2.38. The summed E-state index contributed by atoms with van der Waals surface area (Å²) in [6.45, 7) is 0.313. The number of oxazole rings is 1. The minimum absolute atomic E-state index is 0.106. The second kappa shape index (κ2) is 9.69. The number of carbonyl (C=O) groups excluding carboxylic acids is 1. The molecule has 0 spiro atoms. The van der Waals surface area contributed by atoms with E-state index in [4.69, 9.17) is 33.1 Å². The largest absolute Gasteiger partial charge is 0.502 e. The third-order valence-electron chi connectivity index (χ3n) is 8.83. The van der Waals surface area contributed by atoms with Crippen molar-refractivity contribution in [3.8, 4) is 39.9 Å². The molecule has 9 nitrogen and oxygen atoms in total. The molecule has 3 aliphatic rings. The molecule has 1 fully saturated rings. The second-order valence-corrected chi connectivity index (χ2v) is 11.0. The first-order valence-electron chi connectivity index (χ1n) is 14.0. The number of hydrogen-bond acceptors (Lipinski definition) is 9. The van der Waals surface area contributed by atoms with Gasteiger partial charge in [0.15, 0.2) is 28.6 Å². The van der Waals surface area contributed by atoms with E-state index < -0.39 is 11.8 Å². The lowest BCUT2D eigenvalue weighted by atomic mass is 9.62. The van der Waals surface area contributed by atoms with E-state index in [2.05, 4.69) is 12.1 Å². The number of cyclic esters (lactones) is 1. The molecule has 1 aromatic heterocycles. The highest BCUT2D eigenvalue weighted by Crippen LogP contribution is 2.57. The fourth-order valence-corrected chi connectivity index (χ4v) is 6.86. The molecule has 0 radical (unpaired) electrons. The first kappa shape index (κ1) is 25.5. The van der Waals surface area contributed by atoms with Gasteiger partial charge in [-0.15, -0.1) is 0 Å². The Balaban J connectivity index is 1.32. The number of hydrogen-bond donors (Lipinski definition) is 1. The Kier molecular flexibility index (Phi) is 5.75. The molecule has 0 bridgehead atoms. The van der Waals surface area contributed by atoms with E-state index in [0.29, 0.717) is 23.0 Å². The maximum atomic E-state index is 13.5. The Hall–Kier alpha value is -5.18. The molecule has 0 amide bonds. The molecule has 1 aliphatic carbocycles. The quantitative estimate of drug-likeness (QED) is 0.251. The maximum absolute atomic E-state index is 13.5. The number of ether oxygens (including phenoxy) is 5. The number of esters is 1. The summed E-state index contributed by atoms with van der Waals surface area (Å²) in [5.74, 6) is 0.118. The molecular weight excluding hydrogens is 550 g/mol. The molecule has 3 heterocycles. The Morgan fingerprint density at radius 3 is 2.21 bits per heavy atom. The molecule has 1 N–H and O–H groups in total.